The molecule has 0 amide bonds. The summed E-state index contributed by atoms with van der Waals surface area (Å²) in [7, 11) is 0. The average Bonchev–Trinajstić information content (AvgIpc) is 2.88. The van der Waals surface area contributed by atoms with Crippen molar-refractivity contribution >= 4 is 0 Å². The van der Waals surface area contributed by atoms with Gasteiger partial charge in [0.15, 0.2) is 0 Å². The monoisotopic (exact) mass is 181 g/mol. The van der Waals surface area contributed by atoms with Crippen LogP contribution in [0.3, 0.4) is 0 Å². The minimum atomic E-state index is -0.564. The molecule has 1 saturated carbocycles. The molecule has 2 fully saturated rings. The molecule has 2 nitrogen and oxygen atoms in total. The molecule has 2 rings (SSSR count). The van der Waals surface area contributed by atoms with Crippen LogP contribution in [0.4, 0.5) is 0 Å². The quantitative estimate of drug-likeness (QED) is 0.653. The summed E-state index contributed by atoms with van der Waals surface area (Å²) >= 11 is 0. The zero-order valence-electron chi connectivity index (χ0n) is 8.42. The Kier molecular flexibility index (Phi) is 2.20. The molecule has 0 aromatic carbocycles. The maximum atomic E-state index is 10.1. The molecular formula is C11H19NO. The van der Waals surface area contributed by atoms with Crippen LogP contribution in [0.25, 0.3) is 0 Å². The molecule has 1 heterocycles. The number of piperidine rings is 1. The van der Waals surface area contributed by atoms with Gasteiger partial charge in [-0.2, -0.15) is 0 Å². The maximum Gasteiger partial charge on any atom is 0.0875 e. The Hall–Kier alpha value is -0.340. The molecule has 2 heteroatoms. The number of hydrogen-bond acceptors (Lipinski definition) is 2. The Labute approximate surface area is 80.2 Å². The van der Waals surface area contributed by atoms with E-state index in [1.807, 2.05) is 6.92 Å². The number of rotatable bonds is 2. The third-order valence-electron chi connectivity index (χ3n) is 3.48. The molecule has 1 N–H and O–H groups in total. The van der Waals surface area contributed by atoms with Crippen LogP contribution in [0.5, 0.6) is 0 Å². The molecule has 13 heavy (non-hydrogen) atoms. The van der Waals surface area contributed by atoms with Crippen molar-refractivity contribution in [3.8, 4) is 0 Å². The largest absolute Gasteiger partial charge is 0.385 e. The highest BCUT2D eigenvalue weighted by molar-refractivity contribution is 5.11. The number of aliphatic hydroxyl groups is 1. The second kappa shape index (κ2) is 3.10. The van der Waals surface area contributed by atoms with E-state index in [0.717, 1.165) is 37.5 Å². The van der Waals surface area contributed by atoms with E-state index in [9.17, 15) is 5.11 Å². The fourth-order valence-electron chi connectivity index (χ4n) is 2.13. The zero-order valence-corrected chi connectivity index (χ0v) is 8.42. The Morgan fingerprint density at radius 1 is 1.38 bits per heavy atom. The van der Waals surface area contributed by atoms with Crippen LogP contribution < -0.4 is 0 Å². The van der Waals surface area contributed by atoms with Gasteiger partial charge in [0.1, 0.15) is 0 Å². The normalized spacial score (nSPS) is 28.8. The number of likely N-dealkylation sites (tertiary alicyclic amines) is 1. The molecule has 2 aliphatic rings. The summed E-state index contributed by atoms with van der Waals surface area (Å²) in [6, 6.07) is 0.842. The first kappa shape index (κ1) is 9.22. The van der Waals surface area contributed by atoms with E-state index in [2.05, 4.69) is 11.5 Å². The second-order valence-corrected chi connectivity index (χ2v) is 4.58. The van der Waals surface area contributed by atoms with Crippen LogP contribution in [0, 0.1) is 0 Å². The lowest BCUT2D eigenvalue weighted by Gasteiger charge is -2.38. The Balaban J connectivity index is 1.90. The zero-order chi connectivity index (χ0) is 9.47. The Bertz CT molecular complexity index is 212. The molecule has 1 aliphatic carbocycles. The number of nitrogens with zero attached hydrogens (tertiary/aromatic N) is 1. The Morgan fingerprint density at radius 2 is 1.92 bits per heavy atom. The van der Waals surface area contributed by atoms with Gasteiger partial charge in [-0.25, -0.2) is 0 Å². The lowest BCUT2D eigenvalue weighted by molar-refractivity contribution is 0.00760. The lowest BCUT2D eigenvalue weighted by Crippen LogP contribution is -2.45. The Morgan fingerprint density at radius 3 is 2.31 bits per heavy atom. The van der Waals surface area contributed by atoms with Crippen LogP contribution in [0.15, 0.2) is 12.2 Å². The van der Waals surface area contributed by atoms with Crippen molar-refractivity contribution in [1.29, 1.82) is 0 Å². The molecule has 0 aromatic rings. The molecular weight excluding hydrogens is 162 g/mol. The van der Waals surface area contributed by atoms with Crippen molar-refractivity contribution in [2.24, 2.45) is 0 Å². The standard InChI is InChI=1S/C11H19NO/c1-9(2)11(13)5-7-12(8-6-11)10-3-4-10/h10,13H,1,3-8H2,2H3. The van der Waals surface area contributed by atoms with Crippen molar-refractivity contribution in [1.82, 2.24) is 4.90 Å². The van der Waals surface area contributed by atoms with E-state index in [-0.39, 0.29) is 0 Å². The van der Waals surface area contributed by atoms with Crippen molar-refractivity contribution in [3.63, 3.8) is 0 Å². The van der Waals surface area contributed by atoms with Crippen LogP contribution in [0.2, 0.25) is 0 Å². The first-order valence-corrected chi connectivity index (χ1v) is 5.24. The third kappa shape index (κ3) is 1.79. The minimum absolute atomic E-state index is 0.564. The molecule has 74 valence electrons. The van der Waals surface area contributed by atoms with Crippen LogP contribution in [-0.2, 0) is 0 Å². The van der Waals surface area contributed by atoms with Gasteiger partial charge < -0.3 is 10.0 Å². The first-order chi connectivity index (χ1) is 6.12. The van der Waals surface area contributed by atoms with Gasteiger partial charge in [0.25, 0.3) is 0 Å². The predicted molar refractivity (Wildman–Crippen MR) is 53.6 cm³/mol. The van der Waals surface area contributed by atoms with Crippen molar-refractivity contribution in [2.45, 2.75) is 44.2 Å². The fraction of sp³-hybridized carbons (Fsp3) is 0.818. The van der Waals surface area contributed by atoms with Crippen molar-refractivity contribution < 1.29 is 5.11 Å². The second-order valence-electron chi connectivity index (χ2n) is 4.58. The van der Waals surface area contributed by atoms with Gasteiger partial charge in [-0.1, -0.05) is 6.58 Å². The molecule has 0 aromatic heterocycles. The third-order valence-corrected chi connectivity index (χ3v) is 3.48. The van der Waals surface area contributed by atoms with Crippen LogP contribution in [-0.4, -0.2) is 34.7 Å². The summed E-state index contributed by atoms with van der Waals surface area (Å²) in [6.07, 6.45) is 4.48. The molecule has 0 spiro atoms. The van der Waals surface area contributed by atoms with E-state index in [4.69, 9.17) is 0 Å². The van der Waals surface area contributed by atoms with E-state index in [0.29, 0.717) is 0 Å². The molecule has 1 aliphatic heterocycles. The highest BCUT2D eigenvalue weighted by atomic mass is 16.3. The summed E-state index contributed by atoms with van der Waals surface area (Å²) in [6.45, 7) is 7.90. The minimum Gasteiger partial charge on any atom is -0.385 e. The highest BCUT2D eigenvalue weighted by Gasteiger charge is 2.37. The summed E-state index contributed by atoms with van der Waals surface area (Å²) in [5, 5.41) is 10.1. The summed E-state index contributed by atoms with van der Waals surface area (Å²) < 4.78 is 0. The van der Waals surface area contributed by atoms with Crippen LogP contribution in [0.1, 0.15) is 32.6 Å². The van der Waals surface area contributed by atoms with E-state index >= 15 is 0 Å². The average molecular weight is 181 g/mol. The molecule has 1 saturated heterocycles. The summed E-state index contributed by atoms with van der Waals surface area (Å²) in [5.41, 5.74) is 0.369. The van der Waals surface area contributed by atoms with Gasteiger partial charge in [0, 0.05) is 19.1 Å². The van der Waals surface area contributed by atoms with E-state index in [1.54, 1.807) is 0 Å². The van der Waals surface area contributed by atoms with Crippen molar-refractivity contribution in [3.05, 3.63) is 12.2 Å². The SMILES string of the molecule is C=C(C)C1(O)CCN(C2CC2)CC1. The molecule has 0 unspecified atom stereocenters. The van der Waals surface area contributed by atoms with Crippen molar-refractivity contribution in [2.75, 3.05) is 13.1 Å². The van der Waals surface area contributed by atoms with Crippen LogP contribution >= 0.6 is 0 Å². The van der Waals surface area contributed by atoms with Gasteiger partial charge in [0.2, 0.25) is 0 Å². The highest BCUT2D eigenvalue weighted by Crippen LogP contribution is 2.34. The summed E-state index contributed by atoms with van der Waals surface area (Å²) in [4.78, 5) is 2.51. The van der Waals surface area contributed by atoms with Gasteiger partial charge in [0.05, 0.1) is 5.60 Å². The number of hydrogen-bond donors (Lipinski definition) is 1. The molecule has 0 bridgehead atoms. The van der Waals surface area contributed by atoms with E-state index in [1.165, 1.54) is 12.8 Å². The lowest BCUT2D eigenvalue weighted by atomic mass is 9.86. The smallest absolute Gasteiger partial charge is 0.0875 e. The fourth-order valence-corrected chi connectivity index (χ4v) is 2.13. The van der Waals surface area contributed by atoms with Gasteiger partial charge in [-0.3, -0.25) is 0 Å². The van der Waals surface area contributed by atoms with Gasteiger partial charge >= 0.3 is 0 Å². The van der Waals surface area contributed by atoms with E-state index < -0.39 is 5.60 Å². The summed E-state index contributed by atoms with van der Waals surface area (Å²) in [5.74, 6) is 0. The maximum absolute atomic E-state index is 10.1. The molecule has 0 radical (unpaired) electrons. The first-order valence-electron chi connectivity index (χ1n) is 5.24. The predicted octanol–water partition coefficient (Wildman–Crippen LogP) is 1.55. The molecule has 0 atom stereocenters. The topological polar surface area (TPSA) is 23.5 Å². The van der Waals surface area contributed by atoms with Gasteiger partial charge in [-0.15, -0.1) is 0 Å². The van der Waals surface area contributed by atoms with Gasteiger partial charge in [-0.05, 0) is 38.2 Å².